The molecule has 4 N–H and O–H groups in total. The van der Waals surface area contributed by atoms with E-state index in [1.165, 1.54) is 18.5 Å². The van der Waals surface area contributed by atoms with Crippen molar-refractivity contribution < 1.29 is 4.39 Å². The molecule has 15 heavy (non-hydrogen) atoms. The van der Waals surface area contributed by atoms with Crippen LogP contribution in [0.3, 0.4) is 0 Å². The highest BCUT2D eigenvalue weighted by molar-refractivity contribution is 5.79. The molecule has 4 nitrogen and oxygen atoms in total. The summed E-state index contributed by atoms with van der Waals surface area (Å²) in [5.74, 6) is -0.268. The van der Waals surface area contributed by atoms with Crippen LogP contribution in [0.1, 0.15) is 5.56 Å². The molecule has 1 aromatic rings. The average Bonchev–Trinajstić information content (AvgIpc) is 2.36. The molecule has 0 amide bonds. The lowest BCUT2D eigenvalue weighted by atomic mass is 10.1. The quantitative estimate of drug-likeness (QED) is 0.468. The molecule has 1 unspecified atom stereocenters. The van der Waals surface area contributed by atoms with Gasteiger partial charge in [0.15, 0.2) is 0 Å². The van der Waals surface area contributed by atoms with E-state index in [0.717, 1.165) is 11.3 Å². The molecule has 0 spiro atoms. The normalized spacial score (nSPS) is 20.7. The van der Waals surface area contributed by atoms with Gasteiger partial charge in [0.2, 0.25) is 0 Å². The van der Waals surface area contributed by atoms with Crippen molar-refractivity contribution in [2.75, 3.05) is 11.4 Å². The number of hydrogen-bond donors (Lipinski definition) is 3. The molecular weight excluding hydrogens is 195 g/mol. The third-order valence-electron chi connectivity index (χ3n) is 2.49. The largest absolute Gasteiger partial charge is 0.315 e. The fourth-order valence-electron chi connectivity index (χ4n) is 1.74. The molecule has 1 atom stereocenters. The second-order valence-corrected chi connectivity index (χ2v) is 3.51. The first-order valence-electron chi connectivity index (χ1n) is 4.76. The van der Waals surface area contributed by atoms with Gasteiger partial charge >= 0.3 is 0 Å². The Labute approximate surface area is 87.4 Å². The van der Waals surface area contributed by atoms with Crippen LogP contribution >= 0.6 is 0 Å². The molecule has 0 fully saturated rings. The maximum Gasteiger partial charge on any atom is 0.123 e. The maximum atomic E-state index is 13.0. The predicted molar refractivity (Wildman–Crippen MR) is 57.3 cm³/mol. The number of hydrogen-bond acceptors (Lipinski definition) is 3. The van der Waals surface area contributed by atoms with Crippen molar-refractivity contribution >= 4 is 12.0 Å². The number of halogens is 1. The Morgan fingerprint density at radius 1 is 1.60 bits per heavy atom. The molecule has 0 aliphatic carbocycles. The molecule has 1 aromatic carbocycles. The van der Waals surface area contributed by atoms with Gasteiger partial charge in [-0.2, -0.15) is 0 Å². The summed E-state index contributed by atoms with van der Waals surface area (Å²) in [5.41, 5.74) is 7.48. The van der Waals surface area contributed by atoms with Crippen molar-refractivity contribution in [1.29, 1.82) is 5.41 Å². The second kappa shape index (κ2) is 3.96. The van der Waals surface area contributed by atoms with Crippen molar-refractivity contribution in [3.63, 3.8) is 0 Å². The van der Waals surface area contributed by atoms with Crippen molar-refractivity contribution in [3.05, 3.63) is 29.6 Å². The van der Waals surface area contributed by atoms with E-state index in [9.17, 15) is 4.39 Å². The zero-order valence-electron chi connectivity index (χ0n) is 8.20. The van der Waals surface area contributed by atoms with Crippen molar-refractivity contribution in [2.45, 2.75) is 12.7 Å². The second-order valence-electron chi connectivity index (χ2n) is 3.51. The van der Waals surface area contributed by atoms with Gasteiger partial charge in [-0.15, -0.1) is 0 Å². The SMILES string of the molecule is N=CN1c2ccc(F)cc2CNCC1N. The molecule has 1 aliphatic rings. The number of nitrogens with zero attached hydrogens (tertiary/aromatic N) is 1. The topological polar surface area (TPSA) is 65.1 Å². The average molecular weight is 208 g/mol. The van der Waals surface area contributed by atoms with Crippen LogP contribution in [0.5, 0.6) is 0 Å². The van der Waals surface area contributed by atoms with Crippen LogP contribution in [-0.4, -0.2) is 19.0 Å². The van der Waals surface area contributed by atoms with Gasteiger partial charge in [-0.1, -0.05) is 0 Å². The van der Waals surface area contributed by atoms with Crippen LogP contribution in [-0.2, 0) is 6.54 Å². The highest BCUT2D eigenvalue weighted by Gasteiger charge is 2.19. The van der Waals surface area contributed by atoms with E-state index < -0.39 is 0 Å². The fraction of sp³-hybridized carbons (Fsp3) is 0.300. The standard InChI is InChI=1S/C10H13FN4/c11-8-1-2-9-7(3-8)4-14-5-10(13)15(9)6-12/h1-3,6,10,12,14H,4-5,13H2. The minimum Gasteiger partial charge on any atom is -0.315 e. The number of rotatable bonds is 1. The maximum absolute atomic E-state index is 13.0. The smallest absolute Gasteiger partial charge is 0.123 e. The molecule has 0 aromatic heterocycles. The van der Waals surface area contributed by atoms with Crippen molar-refractivity contribution in [2.24, 2.45) is 5.73 Å². The zero-order valence-corrected chi connectivity index (χ0v) is 8.20. The van der Waals surface area contributed by atoms with Gasteiger partial charge in [-0.25, -0.2) is 4.39 Å². The summed E-state index contributed by atoms with van der Waals surface area (Å²) in [4.78, 5) is 1.63. The molecule has 2 rings (SSSR count). The molecular formula is C10H13FN4. The third-order valence-corrected chi connectivity index (χ3v) is 2.49. The predicted octanol–water partition coefficient (Wildman–Crippen LogP) is 0.627. The number of nitrogens with one attached hydrogen (secondary N) is 2. The number of anilines is 1. The first-order chi connectivity index (χ1) is 7.22. The van der Waals surface area contributed by atoms with E-state index >= 15 is 0 Å². The van der Waals surface area contributed by atoms with Crippen LogP contribution in [0.25, 0.3) is 0 Å². The summed E-state index contributed by atoms with van der Waals surface area (Å²) in [6, 6.07) is 4.51. The summed E-state index contributed by atoms with van der Waals surface area (Å²) in [6.45, 7) is 1.15. The van der Waals surface area contributed by atoms with Gasteiger partial charge in [0.05, 0.1) is 12.5 Å². The number of nitrogens with two attached hydrogens (primary N) is 1. The molecule has 0 saturated carbocycles. The van der Waals surface area contributed by atoms with E-state index in [4.69, 9.17) is 11.1 Å². The highest BCUT2D eigenvalue weighted by atomic mass is 19.1. The lowest BCUT2D eigenvalue weighted by Crippen LogP contribution is -2.46. The summed E-state index contributed by atoms with van der Waals surface area (Å²) >= 11 is 0. The Hall–Kier alpha value is -1.46. The van der Waals surface area contributed by atoms with Crippen LogP contribution in [0.15, 0.2) is 18.2 Å². The highest BCUT2D eigenvalue weighted by Crippen LogP contribution is 2.23. The Kier molecular flexibility index (Phi) is 2.66. The van der Waals surface area contributed by atoms with Gasteiger partial charge in [0.25, 0.3) is 0 Å². The Morgan fingerprint density at radius 3 is 3.13 bits per heavy atom. The zero-order chi connectivity index (χ0) is 10.8. The minimum atomic E-state index is -0.283. The summed E-state index contributed by atoms with van der Waals surface area (Å²) in [5, 5.41) is 10.4. The molecule has 80 valence electrons. The van der Waals surface area contributed by atoms with E-state index in [-0.39, 0.29) is 12.0 Å². The lowest BCUT2D eigenvalue weighted by Gasteiger charge is -2.24. The Morgan fingerprint density at radius 2 is 2.40 bits per heavy atom. The lowest BCUT2D eigenvalue weighted by molar-refractivity contribution is 0.606. The van der Waals surface area contributed by atoms with E-state index in [1.807, 2.05) is 0 Å². The molecule has 0 radical (unpaired) electrons. The van der Waals surface area contributed by atoms with E-state index in [1.54, 1.807) is 11.0 Å². The minimum absolute atomic E-state index is 0.268. The first kappa shape index (κ1) is 10.1. The molecule has 1 heterocycles. The van der Waals surface area contributed by atoms with Gasteiger partial charge < -0.3 is 16.0 Å². The summed E-state index contributed by atoms with van der Waals surface area (Å²) in [6.07, 6.45) is 0.892. The van der Waals surface area contributed by atoms with Gasteiger partial charge in [0.1, 0.15) is 5.82 Å². The molecule has 1 aliphatic heterocycles. The van der Waals surface area contributed by atoms with E-state index in [2.05, 4.69) is 5.32 Å². The molecule has 0 bridgehead atoms. The third kappa shape index (κ3) is 1.84. The van der Waals surface area contributed by atoms with Gasteiger partial charge in [-0.3, -0.25) is 5.41 Å². The van der Waals surface area contributed by atoms with Crippen molar-refractivity contribution in [3.8, 4) is 0 Å². The molecule has 0 saturated heterocycles. The molecule has 5 heteroatoms. The van der Waals surface area contributed by atoms with Crippen molar-refractivity contribution in [1.82, 2.24) is 5.32 Å². The van der Waals surface area contributed by atoms with Gasteiger partial charge in [0, 0.05) is 18.8 Å². The Balaban J connectivity index is 2.47. The van der Waals surface area contributed by atoms with Crippen LogP contribution < -0.4 is 16.0 Å². The monoisotopic (exact) mass is 208 g/mol. The summed E-state index contributed by atoms with van der Waals surface area (Å²) < 4.78 is 13.0. The number of fused-ring (bicyclic) bond motifs is 1. The van der Waals surface area contributed by atoms with Gasteiger partial charge in [-0.05, 0) is 23.8 Å². The number of benzene rings is 1. The van der Waals surface area contributed by atoms with E-state index in [0.29, 0.717) is 13.1 Å². The first-order valence-corrected chi connectivity index (χ1v) is 4.76. The fourth-order valence-corrected chi connectivity index (χ4v) is 1.74. The summed E-state index contributed by atoms with van der Waals surface area (Å²) in [7, 11) is 0. The van der Waals surface area contributed by atoms with Crippen LogP contribution in [0.2, 0.25) is 0 Å². The Bertz CT molecular complexity index is 380. The van der Waals surface area contributed by atoms with Crippen LogP contribution in [0.4, 0.5) is 10.1 Å². The van der Waals surface area contributed by atoms with Crippen LogP contribution in [0, 0.1) is 11.2 Å².